The summed E-state index contributed by atoms with van der Waals surface area (Å²) in [6.07, 6.45) is 4.97. The number of hydrogen-bond acceptors (Lipinski definition) is 3. The van der Waals surface area contributed by atoms with E-state index in [-0.39, 0.29) is 17.7 Å². The van der Waals surface area contributed by atoms with Crippen molar-refractivity contribution >= 4 is 22.8 Å². The number of nitrogens with zero attached hydrogens (tertiary/aromatic N) is 2. The van der Waals surface area contributed by atoms with Crippen molar-refractivity contribution in [1.29, 1.82) is 0 Å². The van der Waals surface area contributed by atoms with Crippen molar-refractivity contribution in [1.82, 2.24) is 9.80 Å². The van der Waals surface area contributed by atoms with Gasteiger partial charge >= 0.3 is 0 Å². The summed E-state index contributed by atoms with van der Waals surface area (Å²) in [4.78, 5) is 29.4. The minimum absolute atomic E-state index is 0.0532. The lowest BCUT2D eigenvalue weighted by Gasteiger charge is -2.35. The van der Waals surface area contributed by atoms with Gasteiger partial charge in [0.05, 0.1) is 0 Å². The van der Waals surface area contributed by atoms with Gasteiger partial charge in [0, 0.05) is 43.0 Å². The van der Waals surface area contributed by atoms with Gasteiger partial charge in [0.25, 0.3) is 5.91 Å². The Bertz CT molecular complexity index is 812. The summed E-state index contributed by atoms with van der Waals surface area (Å²) >= 11 is 0. The second kappa shape index (κ2) is 7.14. The molecule has 0 radical (unpaired) electrons. The molecule has 2 aliphatic heterocycles. The molecule has 26 heavy (non-hydrogen) atoms. The fraction of sp³-hybridized carbons (Fsp3) is 0.524. The number of carbonyl (C=O) groups excluding carboxylic acids is 2. The highest BCUT2D eigenvalue weighted by molar-refractivity contribution is 5.99. The van der Waals surface area contributed by atoms with Gasteiger partial charge in [0.1, 0.15) is 5.58 Å². The zero-order valence-corrected chi connectivity index (χ0v) is 15.4. The minimum atomic E-state index is -0.0532. The number of rotatable bonds is 2. The summed E-state index contributed by atoms with van der Waals surface area (Å²) in [6.45, 7) is 4.98. The summed E-state index contributed by atoms with van der Waals surface area (Å²) < 4.78 is 5.82. The average Bonchev–Trinajstić information content (AvgIpc) is 3.04. The third kappa shape index (κ3) is 3.11. The molecular weight excluding hydrogens is 328 g/mol. The topological polar surface area (TPSA) is 53.8 Å². The van der Waals surface area contributed by atoms with Crippen LogP contribution in [0.5, 0.6) is 0 Å². The van der Waals surface area contributed by atoms with Gasteiger partial charge in [0.2, 0.25) is 5.91 Å². The Hall–Kier alpha value is -2.30. The predicted molar refractivity (Wildman–Crippen MR) is 100 cm³/mol. The lowest BCUT2D eigenvalue weighted by Crippen LogP contribution is -2.45. The zero-order valence-electron chi connectivity index (χ0n) is 15.4. The summed E-state index contributed by atoms with van der Waals surface area (Å²) in [5.41, 5.74) is 1.65. The first-order valence-electron chi connectivity index (χ1n) is 9.71. The Morgan fingerprint density at radius 1 is 0.962 bits per heavy atom. The summed E-state index contributed by atoms with van der Waals surface area (Å²) in [5, 5.41) is 0.992. The maximum absolute atomic E-state index is 12.9. The van der Waals surface area contributed by atoms with Crippen LogP contribution in [0.4, 0.5) is 0 Å². The standard InChI is InChI=1S/C21H26N2O3/c1-15-17-7-3-4-8-18(17)26-19(15)21(25)23-13-9-16(10-14-23)20(24)22-11-5-2-6-12-22/h3-4,7-8,16H,2,5-6,9-14H2,1H3. The molecule has 0 saturated carbocycles. The number of para-hydroxylation sites is 1. The van der Waals surface area contributed by atoms with E-state index in [0.29, 0.717) is 18.8 Å². The van der Waals surface area contributed by atoms with Gasteiger partial charge < -0.3 is 14.2 Å². The minimum Gasteiger partial charge on any atom is -0.451 e. The van der Waals surface area contributed by atoms with Crippen LogP contribution < -0.4 is 0 Å². The highest BCUT2D eigenvalue weighted by atomic mass is 16.3. The van der Waals surface area contributed by atoms with Crippen LogP contribution in [-0.4, -0.2) is 47.8 Å². The quantitative estimate of drug-likeness (QED) is 0.828. The van der Waals surface area contributed by atoms with Crippen LogP contribution in [0.25, 0.3) is 11.0 Å². The molecule has 0 N–H and O–H groups in total. The van der Waals surface area contributed by atoms with Gasteiger partial charge in [-0.25, -0.2) is 0 Å². The SMILES string of the molecule is Cc1c(C(=O)N2CCC(C(=O)N3CCCCC3)CC2)oc2ccccc12. The van der Waals surface area contributed by atoms with Crippen LogP contribution in [0.2, 0.25) is 0 Å². The van der Waals surface area contributed by atoms with Crippen LogP contribution >= 0.6 is 0 Å². The molecule has 4 rings (SSSR count). The molecule has 0 aliphatic carbocycles. The number of piperidine rings is 2. The molecule has 3 heterocycles. The molecule has 2 saturated heterocycles. The molecule has 0 spiro atoms. The van der Waals surface area contributed by atoms with E-state index >= 15 is 0 Å². The number of amides is 2. The van der Waals surface area contributed by atoms with Gasteiger partial charge in [0.15, 0.2) is 5.76 Å². The molecule has 138 valence electrons. The van der Waals surface area contributed by atoms with Crippen molar-refractivity contribution in [2.45, 2.75) is 39.0 Å². The van der Waals surface area contributed by atoms with Crippen molar-refractivity contribution in [2.75, 3.05) is 26.2 Å². The van der Waals surface area contributed by atoms with E-state index in [0.717, 1.165) is 55.3 Å². The second-order valence-electron chi connectivity index (χ2n) is 7.50. The lowest BCUT2D eigenvalue weighted by molar-refractivity contribution is -0.137. The first-order chi connectivity index (χ1) is 12.6. The maximum Gasteiger partial charge on any atom is 0.289 e. The number of fused-ring (bicyclic) bond motifs is 1. The molecule has 5 heteroatoms. The van der Waals surface area contributed by atoms with Crippen LogP contribution in [0.1, 0.15) is 48.2 Å². The predicted octanol–water partition coefficient (Wildman–Crippen LogP) is 3.61. The zero-order chi connectivity index (χ0) is 18.1. The number of carbonyl (C=O) groups is 2. The third-order valence-corrected chi connectivity index (χ3v) is 5.84. The van der Waals surface area contributed by atoms with Crippen LogP contribution in [0.15, 0.2) is 28.7 Å². The van der Waals surface area contributed by atoms with E-state index in [1.165, 1.54) is 6.42 Å². The van der Waals surface area contributed by atoms with E-state index in [9.17, 15) is 9.59 Å². The molecule has 2 amide bonds. The Kier molecular flexibility index (Phi) is 4.70. The smallest absolute Gasteiger partial charge is 0.289 e. The number of likely N-dealkylation sites (tertiary alicyclic amines) is 2. The monoisotopic (exact) mass is 354 g/mol. The molecule has 1 aromatic carbocycles. The van der Waals surface area contributed by atoms with Crippen LogP contribution in [0, 0.1) is 12.8 Å². The van der Waals surface area contributed by atoms with Crippen molar-refractivity contribution in [3.8, 4) is 0 Å². The highest BCUT2D eigenvalue weighted by Gasteiger charge is 2.32. The van der Waals surface area contributed by atoms with Crippen molar-refractivity contribution in [3.05, 3.63) is 35.6 Å². The Labute approximate surface area is 153 Å². The number of hydrogen-bond donors (Lipinski definition) is 0. The summed E-state index contributed by atoms with van der Waals surface area (Å²) in [5.74, 6) is 0.736. The second-order valence-corrected chi connectivity index (χ2v) is 7.50. The molecule has 2 fully saturated rings. The number of aryl methyl sites for hydroxylation is 1. The van der Waals surface area contributed by atoms with E-state index in [1.54, 1.807) is 0 Å². The number of furan rings is 1. The van der Waals surface area contributed by atoms with Gasteiger partial charge in [-0.3, -0.25) is 9.59 Å². The van der Waals surface area contributed by atoms with Crippen molar-refractivity contribution in [2.24, 2.45) is 5.92 Å². The first kappa shape index (κ1) is 17.1. The average molecular weight is 354 g/mol. The van der Waals surface area contributed by atoms with Crippen LogP contribution in [0.3, 0.4) is 0 Å². The molecule has 0 bridgehead atoms. The Morgan fingerprint density at radius 2 is 1.65 bits per heavy atom. The molecular formula is C21H26N2O3. The molecule has 2 aromatic rings. The largest absolute Gasteiger partial charge is 0.451 e. The Morgan fingerprint density at radius 3 is 2.35 bits per heavy atom. The van der Waals surface area contributed by atoms with Crippen molar-refractivity contribution < 1.29 is 14.0 Å². The molecule has 0 atom stereocenters. The maximum atomic E-state index is 12.9. The number of benzene rings is 1. The van der Waals surface area contributed by atoms with Crippen LogP contribution in [-0.2, 0) is 4.79 Å². The molecule has 2 aliphatic rings. The molecule has 0 unspecified atom stereocenters. The fourth-order valence-electron chi connectivity index (χ4n) is 4.22. The Balaban J connectivity index is 1.41. The van der Waals surface area contributed by atoms with Gasteiger partial charge in [-0.2, -0.15) is 0 Å². The summed E-state index contributed by atoms with van der Waals surface area (Å²) in [6, 6.07) is 7.74. The highest BCUT2D eigenvalue weighted by Crippen LogP contribution is 2.28. The van der Waals surface area contributed by atoms with E-state index in [2.05, 4.69) is 0 Å². The third-order valence-electron chi connectivity index (χ3n) is 5.84. The first-order valence-corrected chi connectivity index (χ1v) is 9.71. The van der Waals surface area contributed by atoms with Gasteiger partial charge in [-0.1, -0.05) is 18.2 Å². The normalized spacial score (nSPS) is 19.1. The molecule has 1 aromatic heterocycles. The lowest BCUT2D eigenvalue weighted by atomic mass is 9.94. The van der Waals surface area contributed by atoms with Crippen molar-refractivity contribution in [3.63, 3.8) is 0 Å². The summed E-state index contributed by atoms with van der Waals surface area (Å²) in [7, 11) is 0. The van der Waals surface area contributed by atoms with Gasteiger partial charge in [-0.15, -0.1) is 0 Å². The van der Waals surface area contributed by atoms with Gasteiger partial charge in [-0.05, 0) is 45.1 Å². The van der Waals surface area contributed by atoms with E-state index in [1.807, 2.05) is 41.0 Å². The fourth-order valence-corrected chi connectivity index (χ4v) is 4.22. The van der Waals surface area contributed by atoms with E-state index < -0.39 is 0 Å². The molecule has 5 nitrogen and oxygen atoms in total. The van der Waals surface area contributed by atoms with E-state index in [4.69, 9.17) is 4.42 Å².